The second-order valence-electron chi connectivity index (χ2n) is 5.58. The van der Waals surface area contributed by atoms with Gasteiger partial charge >= 0.3 is 5.97 Å². The number of rotatable bonds is 4. The van der Waals surface area contributed by atoms with Crippen LogP contribution in [0.2, 0.25) is 0 Å². The Bertz CT molecular complexity index is 354. The van der Waals surface area contributed by atoms with Gasteiger partial charge in [0.05, 0.1) is 17.9 Å². The Labute approximate surface area is 107 Å². The third-order valence-electron chi connectivity index (χ3n) is 4.28. The molecule has 2 aliphatic heterocycles. The average Bonchev–Trinajstić information content (AvgIpc) is 2.24. The predicted octanol–water partition coefficient (Wildman–Crippen LogP) is -0.611. The summed E-state index contributed by atoms with van der Waals surface area (Å²) in [4.78, 5) is 24.5. The van der Waals surface area contributed by atoms with Gasteiger partial charge in [-0.25, -0.2) is 0 Å². The van der Waals surface area contributed by atoms with Crippen molar-refractivity contribution in [1.29, 1.82) is 0 Å². The topological polar surface area (TPSA) is 95.7 Å². The van der Waals surface area contributed by atoms with Crippen LogP contribution >= 0.6 is 0 Å². The van der Waals surface area contributed by atoms with E-state index in [1.54, 1.807) is 0 Å². The van der Waals surface area contributed by atoms with E-state index in [-0.39, 0.29) is 23.8 Å². The molecule has 0 aromatic rings. The number of carboxylic acids is 1. The summed E-state index contributed by atoms with van der Waals surface area (Å²) >= 11 is 0. The Balaban J connectivity index is 2.12. The van der Waals surface area contributed by atoms with Gasteiger partial charge in [0.15, 0.2) is 0 Å². The number of piperidine rings is 1. The lowest BCUT2D eigenvalue weighted by Crippen LogP contribution is -2.72. The zero-order chi connectivity index (χ0) is 13.3. The molecular weight excluding hydrogens is 234 g/mol. The highest BCUT2D eigenvalue weighted by Gasteiger charge is 2.48. The quantitative estimate of drug-likeness (QED) is 0.623. The number of carboxylic acid groups (broad SMARTS) is 1. The van der Waals surface area contributed by atoms with Crippen molar-refractivity contribution < 1.29 is 14.7 Å². The molecule has 0 aromatic heterocycles. The fraction of sp³-hybridized carbons (Fsp3) is 0.833. The van der Waals surface area contributed by atoms with Crippen molar-refractivity contribution in [2.75, 3.05) is 19.6 Å². The minimum atomic E-state index is -0.787. The number of nitrogens with one attached hydrogen (secondary N) is 1. The molecule has 0 bridgehead atoms. The van der Waals surface area contributed by atoms with Crippen LogP contribution in [0.25, 0.3) is 0 Å². The van der Waals surface area contributed by atoms with Crippen LogP contribution in [0.1, 0.15) is 26.2 Å². The number of carbonyl (C=O) groups is 2. The third kappa shape index (κ3) is 2.35. The van der Waals surface area contributed by atoms with E-state index in [2.05, 4.69) is 17.1 Å². The van der Waals surface area contributed by atoms with Gasteiger partial charge in [0.25, 0.3) is 0 Å². The smallest absolute Gasteiger partial charge is 0.305 e. The molecule has 2 heterocycles. The zero-order valence-electron chi connectivity index (χ0n) is 10.7. The van der Waals surface area contributed by atoms with Gasteiger partial charge in [-0.2, -0.15) is 0 Å². The van der Waals surface area contributed by atoms with Crippen molar-refractivity contribution in [1.82, 2.24) is 10.2 Å². The first-order valence-electron chi connectivity index (χ1n) is 6.43. The Hall–Kier alpha value is -1.14. The molecule has 2 aliphatic rings. The van der Waals surface area contributed by atoms with Gasteiger partial charge in [0.1, 0.15) is 0 Å². The summed E-state index contributed by atoms with van der Waals surface area (Å²) in [6.07, 6.45) is 1.83. The SMILES string of the molecule is CC1CCC(C(N)=O)CN1C1(CC(=O)O)CNC1. The van der Waals surface area contributed by atoms with Gasteiger partial charge < -0.3 is 16.2 Å². The molecule has 4 N–H and O–H groups in total. The van der Waals surface area contributed by atoms with Crippen molar-refractivity contribution in [3.63, 3.8) is 0 Å². The summed E-state index contributed by atoms with van der Waals surface area (Å²) in [5, 5.41) is 12.2. The minimum absolute atomic E-state index is 0.121. The van der Waals surface area contributed by atoms with Crippen LogP contribution in [-0.4, -0.2) is 53.1 Å². The molecule has 0 aliphatic carbocycles. The summed E-state index contributed by atoms with van der Waals surface area (Å²) in [5.74, 6) is -1.21. The van der Waals surface area contributed by atoms with E-state index in [9.17, 15) is 9.59 Å². The number of nitrogens with zero attached hydrogens (tertiary/aromatic N) is 1. The lowest BCUT2D eigenvalue weighted by molar-refractivity contribution is -0.144. The summed E-state index contributed by atoms with van der Waals surface area (Å²) in [5.41, 5.74) is 5.05. The number of amides is 1. The van der Waals surface area contributed by atoms with Crippen LogP contribution in [0.15, 0.2) is 0 Å². The molecule has 0 aromatic carbocycles. The van der Waals surface area contributed by atoms with E-state index in [4.69, 9.17) is 10.8 Å². The number of nitrogens with two attached hydrogens (primary N) is 1. The predicted molar refractivity (Wildman–Crippen MR) is 65.9 cm³/mol. The molecule has 2 saturated heterocycles. The Morgan fingerprint density at radius 3 is 2.56 bits per heavy atom. The molecule has 2 fully saturated rings. The van der Waals surface area contributed by atoms with Crippen molar-refractivity contribution in [3.05, 3.63) is 0 Å². The molecule has 0 saturated carbocycles. The minimum Gasteiger partial charge on any atom is -0.481 e. The van der Waals surface area contributed by atoms with Gasteiger partial charge in [-0.05, 0) is 19.8 Å². The van der Waals surface area contributed by atoms with Crippen molar-refractivity contribution in [3.8, 4) is 0 Å². The molecule has 2 rings (SSSR count). The lowest BCUT2D eigenvalue weighted by Gasteiger charge is -2.55. The highest BCUT2D eigenvalue weighted by molar-refractivity contribution is 5.77. The molecule has 0 radical (unpaired) electrons. The van der Waals surface area contributed by atoms with Gasteiger partial charge in [-0.15, -0.1) is 0 Å². The average molecular weight is 255 g/mol. The number of carbonyl (C=O) groups excluding carboxylic acids is 1. The molecule has 6 nitrogen and oxygen atoms in total. The first-order valence-corrected chi connectivity index (χ1v) is 6.43. The second kappa shape index (κ2) is 4.85. The number of aliphatic carboxylic acids is 1. The summed E-state index contributed by atoms with van der Waals surface area (Å²) < 4.78 is 0. The van der Waals surface area contributed by atoms with Crippen molar-refractivity contribution in [2.45, 2.75) is 37.8 Å². The molecule has 2 unspecified atom stereocenters. The van der Waals surface area contributed by atoms with Gasteiger partial charge in [0, 0.05) is 25.7 Å². The van der Waals surface area contributed by atoms with Crippen LogP contribution < -0.4 is 11.1 Å². The molecule has 102 valence electrons. The maximum absolute atomic E-state index is 11.3. The molecule has 6 heteroatoms. The lowest BCUT2D eigenvalue weighted by atomic mass is 9.80. The number of likely N-dealkylation sites (tertiary alicyclic amines) is 1. The maximum atomic E-state index is 11.3. The third-order valence-corrected chi connectivity index (χ3v) is 4.28. The van der Waals surface area contributed by atoms with Crippen LogP contribution in [0, 0.1) is 5.92 Å². The van der Waals surface area contributed by atoms with E-state index in [1.807, 2.05) is 0 Å². The van der Waals surface area contributed by atoms with Gasteiger partial charge in [0.2, 0.25) is 5.91 Å². The monoisotopic (exact) mass is 255 g/mol. The number of hydrogen-bond donors (Lipinski definition) is 3. The van der Waals surface area contributed by atoms with Crippen LogP contribution in [0.3, 0.4) is 0 Å². The van der Waals surface area contributed by atoms with Crippen LogP contribution in [0.5, 0.6) is 0 Å². The van der Waals surface area contributed by atoms with Crippen LogP contribution in [0.4, 0.5) is 0 Å². The number of primary amides is 1. The first kappa shape index (κ1) is 13.3. The molecule has 1 amide bonds. The van der Waals surface area contributed by atoms with E-state index >= 15 is 0 Å². The normalized spacial score (nSPS) is 31.6. The highest BCUT2D eigenvalue weighted by atomic mass is 16.4. The largest absolute Gasteiger partial charge is 0.481 e. The maximum Gasteiger partial charge on any atom is 0.305 e. The highest BCUT2D eigenvalue weighted by Crippen LogP contribution is 2.33. The van der Waals surface area contributed by atoms with E-state index in [0.717, 1.165) is 12.8 Å². The second-order valence-corrected chi connectivity index (χ2v) is 5.58. The van der Waals surface area contributed by atoms with E-state index < -0.39 is 5.97 Å². The summed E-state index contributed by atoms with van der Waals surface area (Å²) in [6.45, 7) is 4.04. The summed E-state index contributed by atoms with van der Waals surface area (Å²) in [7, 11) is 0. The van der Waals surface area contributed by atoms with Crippen molar-refractivity contribution in [2.24, 2.45) is 11.7 Å². The molecular formula is C12H21N3O3. The fourth-order valence-electron chi connectivity index (χ4n) is 3.12. The Kier molecular flexibility index (Phi) is 3.59. The fourth-order valence-corrected chi connectivity index (χ4v) is 3.12. The van der Waals surface area contributed by atoms with E-state index in [0.29, 0.717) is 25.7 Å². The van der Waals surface area contributed by atoms with Crippen molar-refractivity contribution >= 4 is 11.9 Å². The zero-order valence-corrected chi connectivity index (χ0v) is 10.7. The van der Waals surface area contributed by atoms with Crippen LogP contribution in [-0.2, 0) is 9.59 Å². The Morgan fingerprint density at radius 1 is 1.44 bits per heavy atom. The standard InChI is InChI=1S/C12H21N3O3/c1-8-2-3-9(11(13)18)5-15(8)12(4-10(16)17)6-14-7-12/h8-9,14H,2-7H2,1H3,(H2,13,18)(H,16,17). The van der Waals surface area contributed by atoms with Gasteiger partial charge in [-0.1, -0.05) is 0 Å². The molecule has 0 spiro atoms. The first-order chi connectivity index (χ1) is 8.44. The molecule has 18 heavy (non-hydrogen) atoms. The van der Waals surface area contributed by atoms with Gasteiger partial charge in [-0.3, -0.25) is 14.5 Å². The summed E-state index contributed by atoms with van der Waals surface area (Å²) in [6, 6.07) is 0.307. The van der Waals surface area contributed by atoms with E-state index in [1.165, 1.54) is 0 Å². The number of hydrogen-bond acceptors (Lipinski definition) is 4. The molecule has 2 atom stereocenters. The Morgan fingerprint density at radius 2 is 2.11 bits per heavy atom.